The quantitative estimate of drug-likeness (QED) is 0.875. The van der Waals surface area contributed by atoms with Gasteiger partial charge in [-0.15, -0.1) is 0 Å². The molecule has 1 atom stereocenters. The Hall–Kier alpha value is -2.13. The molecule has 2 rings (SSSR count). The van der Waals surface area contributed by atoms with Crippen LogP contribution in [0.4, 0.5) is 5.69 Å². The molecule has 0 aliphatic heterocycles. The van der Waals surface area contributed by atoms with Gasteiger partial charge in [-0.1, -0.05) is 42.5 Å². The molecule has 3 nitrogen and oxygen atoms in total. The number of carbonyl (C=O) groups is 1. The van der Waals surface area contributed by atoms with E-state index in [9.17, 15) is 9.90 Å². The molecule has 2 aromatic carbocycles. The van der Waals surface area contributed by atoms with Crippen LogP contribution in [0.1, 0.15) is 30.6 Å². The Morgan fingerprint density at radius 2 is 1.90 bits per heavy atom. The molecule has 0 saturated heterocycles. The number of aliphatic hydroxyl groups excluding tert-OH is 1. The fraction of sp³-hybridized carbons (Fsp3) is 0.235. The molecule has 2 N–H and O–H groups in total. The number of nitrogens with one attached hydrogen (secondary N) is 1. The van der Waals surface area contributed by atoms with Crippen LogP contribution in [0.2, 0.25) is 0 Å². The van der Waals surface area contributed by atoms with Crippen LogP contribution in [-0.2, 0) is 11.2 Å². The van der Waals surface area contributed by atoms with E-state index in [2.05, 4.69) is 5.32 Å². The third kappa shape index (κ3) is 4.21. The summed E-state index contributed by atoms with van der Waals surface area (Å²) >= 11 is 0. The topological polar surface area (TPSA) is 49.3 Å². The number of aryl methyl sites for hydroxylation is 1. The van der Waals surface area contributed by atoms with Crippen molar-refractivity contribution in [2.45, 2.75) is 25.9 Å². The van der Waals surface area contributed by atoms with E-state index >= 15 is 0 Å². The summed E-state index contributed by atoms with van der Waals surface area (Å²) in [4.78, 5) is 11.9. The smallest absolute Gasteiger partial charge is 0.224 e. The van der Waals surface area contributed by atoms with E-state index in [4.69, 9.17) is 0 Å². The van der Waals surface area contributed by atoms with Gasteiger partial charge >= 0.3 is 0 Å². The van der Waals surface area contributed by atoms with Crippen molar-refractivity contribution in [1.82, 2.24) is 0 Å². The molecule has 0 bridgehead atoms. The molecule has 0 saturated carbocycles. The summed E-state index contributed by atoms with van der Waals surface area (Å²) < 4.78 is 0. The van der Waals surface area contributed by atoms with Crippen molar-refractivity contribution < 1.29 is 9.90 Å². The maximum atomic E-state index is 11.9. The first-order valence-corrected chi connectivity index (χ1v) is 6.77. The molecule has 0 spiro atoms. The second kappa shape index (κ2) is 6.87. The van der Waals surface area contributed by atoms with Crippen LogP contribution in [0.25, 0.3) is 0 Å². The molecule has 0 fully saturated rings. The van der Waals surface area contributed by atoms with Crippen molar-refractivity contribution in [3.63, 3.8) is 0 Å². The summed E-state index contributed by atoms with van der Waals surface area (Å²) in [5, 5.41) is 12.4. The van der Waals surface area contributed by atoms with Gasteiger partial charge in [0.05, 0.1) is 6.10 Å². The molecule has 104 valence electrons. The van der Waals surface area contributed by atoms with Gasteiger partial charge in [-0.05, 0) is 36.6 Å². The van der Waals surface area contributed by atoms with Crippen molar-refractivity contribution >= 4 is 11.6 Å². The normalized spacial score (nSPS) is 11.9. The lowest BCUT2D eigenvalue weighted by Crippen LogP contribution is -2.12. The Balaban J connectivity index is 1.90. The summed E-state index contributed by atoms with van der Waals surface area (Å²) in [5.74, 6) is -0.0170. The van der Waals surface area contributed by atoms with E-state index in [0.29, 0.717) is 6.42 Å². The SMILES string of the molecule is C[C@H](O)c1cccc(NC(=O)CCc2ccccc2)c1. The fourth-order valence-electron chi connectivity index (χ4n) is 2.00. The third-order valence-corrected chi connectivity index (χ3v) is 3.14. The number of aliphatic hydroxyl groups is 1. The van der Waals surface area contributed by atoms with Crippen LogP contribution in [0.15, 0.2) is 54.6 Å². The van der Waals surface area contributed by atoms with Gasteiger partial charge in [-0.25, -0.2) is 0 Å². The summed E-state index contributed by atoms with van der Waals surface area (Å²) in [6, 6.07) is 17.2. The minimum absolute atomic E-state index is 0.0170. The summed E-state index contributed by atoms with van der Waals surface area (Å²) in [5.41, 5.74) is 2.67. The molecule has 0 unspecified atom stereocenters. The van der Waals surface area contributed by atoms with E-state index in [-0.39, 0.29) is 5.91 Å². The summed E-state index contributed by atoms with van der Waals surface area (Å²) in [6.07, 6.45) is 0.641. The minimum Gasteiger partial charge on any atom is -0.389 e. The van der Waals surface area contributed by atoms with Crippen molar-refractivity contribution in [1.29, 1.82) is 0 Å². The highest BCUT2D eigenvalue weighted by molar-refractivity contribution is 5.90. The molecule has 20 heavy (non-hydrogen) atoms. The molecule has 0 aromatic heterocycles. The van der Waals surface area contributed by atoms with E-state index < -0.39 is 6.10 Å². The average molecular weight is 269 g/mol. The number of anilines is 1. The van der Waals surface area contributed by atoms with E-state index in [1.54, 1.807) is 13.0 Å². The van der Waals surface area contributed by atoms with Gasteiger partial charge in [0.1, 0.15) is 0 Å². The molecule has 0 aliphatic carbocycles. The van der Waals surface area contributed by atoms with Crippen LogP contribution in [0.3, 0.4) is 0 Å². The van der Waals surface area contributed by atoms with Crippen LogP contribution in [0.5, 0.6) is 0 Å². The standard InChI is InChI=1S/C17H19NO2/c1-13(19)15-8-5-9-16(12-15)18-17(20)11-10-14-6-3-2-4-7-14/h2-9,12-13,19H,10-11H2,1H3,(H,18,20)/t13-/m0/s1. The zero-order chi connectivity index (χ0) is 14.4. The number of hydrogen-bond acceptors (Lipinski definition) is 2. The molecular formula is C17H19NO2. The van der Waals surface area contributed by atoms with Crippen LogP contribution < -0.4 is 5.32 Å². The van der Waals surface area contributed by atoms with Gasteiger partial charge in [0.2, 0.25) is 5.91 Å². The Labute approximate surface area is 119 Å². The number of rotatable bonds is 5. The predicted octanol–water partition coefficient (Wildman–Crippen LogP) is 3.31. The number of benzene rings is 2. The number of amides is 1. The number of carbonyl (C=O) groups excluding carboxylic acids is 1. The highest BCUT2D eigenvalue weighted by Gasteiger charge is 2.05. The minimum atomic E-state index is -0.531. The lowest BCUT2D eigenvalue weighted by atomic mass is 10.1. The summed E-state index contributed by atoms with van der Waals surface area (Å²) in [6.45, 7) is 1.70. The van der Waals surface area contributed by atoms with Gasteiger partial charge in [0.25, 0.3) is 0 Å². The maximum Gasteiger partial charge on any atom is 0.224 e. The maximum absolute atomic E-state index is 11.9. The van der Waals surface area contributed by atoms with E-state index in [0.717, 1.165) is 23.2 Å². The Bertz CT molecular complexity index is 564. The van der Waals surface area contributed by atoms with Crippen molar-refractivity contribution in [2.75, 3.05) is 5.32 Å². The average Bonchev–Trinajstić information content (AvgIpc) is 2.46. The van der Waals surface area contributed by atoms with Crippen LogP contribution in [-0.4, -0.2) is 11.0 Å². The Kier molecular flexibility index (Phi) is 4.91. The van der Waals surface area contributed by atoms with Gasteiger partial charge in [0.15, 0.2) is 0 Å². The Morgan fingerprint density at radius 1 is 1.15 bits per heavy atom. The van der Waals surface area contributed by atoms with Gasteiger partial charge < -0.3 is 10.4 Å². The molecule has 0 radical (unpaired) electrons. The predicted molar refractivity (Wildman–Crippen MR) is 80.5 cm³/mol. The third-order valence-electron chi connectivity index (χ3n) is 3.14. The van der Waals surface area contributed by atoms with Gasteiger partial charge in [-0.3, -0.25) is 4.79 Å². The van der Waals surface area contributed by atoms with Crippen LogP contribution >= 0.6 is 0 Å². The molecule has 0 heterocycles. The zero-order valence-corrected chi connectivity index (χ0v) is 11.5. The largest absolute Gasteiger partial charge is 0.389 e. The molecule has 3 heteroatoms. The Morgan fingerprint density at radius 3 is 2.60 bits per heavy atom. The number of hydrogen-bond donors (Lipinski definition) is 2. The summed E-state index contributed by atoms with van der Waals surface area (Å²) in [7, 11) is 0. The van der Waals surface area contributed by atoms with Crippen molar-refractivity contribution in [3.05, 3.63) is 65.7 Å². The van der Waals surface area contributed by atoms with Crippen molar-refractivity contribution in [3.8, 4) is 0 Å². The van der Waals surface area contributed by atoms with E-state index in [1.165, 1.54) is 0 Å². The van der Waals surface area contributed by atoms with Gasteiger partial charge in [0, 0.05) is 12.1 Å². The second-order valence-corrected chi connectivity index (χ2v) is 4.84. The zero-order valence-electron chi connectivity index (χ0n) is 11.5. The lowest BCUT2D eigenvalue weighted by molar-refractivity contribution is -0.116. The molecule has 0 aliphatic rings. The first kappa shape index (κ1) is 14.3. The van der Waals surface area contributed by atoms with Gasteiger partial charge in [-0.2, -0.15) is 0 Å². The highest BCUT2D eigenvalue weighted by atomic mass is 16.3. The first-order valence-electron chi connectivity index (χ1n) is 6.77. The van der Waals surface area contributed by atoms with Crippen LogP contribution in [0, 0.1) is 0 Å². The highest BCUT2D eigenvalue weighted by Crippen LogP contribution is 2.17. The molecule has 2 aromatic rings. The van der Waals surface area contributed by atoms with Crippen molar-refractivity contribution in [2.24, 2.45) is 0 Å². The van der Waals surface area contributed by atoms with E-state index in [1.807, 2.05) is 48.5 Å². The molecular weight excluding hydrogens is 250 g/mol. The molecule has 1 amide bonds. The fourth-order valence-corrected chi connectivity index (χ4v) is 2.00. The first-order chi connectivity index (χ1) is 9.65. The second-order valence-electron chi connectivity index (χ2n) is 4.84. The monoisotopic (exact) mass is 269 g/mol. The lowest BCUT2D eigenvalue weighted by Gasteiger charge is -2.09.